The molecule has 0 aromatic heterocycles. The zero-order chi connectivity index (χ0) is 18.1. The second-order valence-corrected chi connectivity index (χ2v) is 6.95. The van der Waals surface area contributed by atoms with Crippen molar-refractivity contribution in [1.29, 1.82) is 0 Å². The fourth-order valence-electron chi connectivity index (χ4n) is 3.09. The molecule has 130 valence electrons. The normalized spacial score (nSPS) is 18.7. The van der Waals surface area contributed by atoms with Crippen LogP contribution in [-0.2, 0) is 4.74 Å². The van der Waals surface area contributed by atoms with Gasteiger partial charge in [-0.15, -0.1) is 0 Å². The molecule has 1 aliphatic heterocycles. The van der Waals surface area contributed by atoms with E-state index in [4.69, 9.17) is 4.74 Å². The lowest BCUT2D eigenvalue weighted by atomic mass is 9.97. The minimum Gasteiger partial charge on any atom is -0.356 e. The predicted octanol–water partition coefficient (Wildman–Crippen LogP) is 5.59. The van der Waals surface area contributed by atoms with Crippen LogP contribution in [0, 0.1) is 10.1 Å². The summed E-state index contributed by atoms with van der Waals surface area (Å²) in [7, 11) is 0. The molecule has 6 heteroatoms. The number of hydrogen-bond acceptors (Lipinski definition) is 4. The van der Waals surface area contributed by atoms with Crippen molar-refractivity contribution in [3.8, 4) is 0 Å². The lowest BCUT2D eigenvalue weighted by molar-refractivity contribution is -0.384. The second-order valence-electron chi connectivity index (χ2n) is 6.03. The Bertz CT molecular complexity index is 945. The standard InChI is InChI=1S/C20H15BrN2O3/c21-15-8-11-18-17(12-15)19(13-4-2-1-3-5-13)26-20(22-18)14-6-9-16(10-7-14)23(24)25/h1-12,19-20,22H/t19-,20-/m0/s1. The Hall–Kier alpha value is -2.70. The summed E-state index contributed by atoms with van der Waals surface area (Å²) < 4.78 is 7.32. The van der Waals surface area contributed by atoms with E-state index in [2.05, 4.69) is 21.2 Å². The first-order valence-electron chi connectivity index (χ1n) is 8.12. The topological polar surface area (TPSA) is 64.4 Å². The van der Waals surface area contributed by atoms with Gasteiger partial charge in [0.25, 0.3) is 5.69 Å². The maximum atomic E-state index is 10.9. The van der Waals surface area contributed by atoms with Crippen LogP contribution in [0.3, 0.4) is 0 Å². The van der Waals surface area contributed by atoms with Crippen LogP contribution in [0.15, 0.2) is 77.3 Å². The summed E-state index contributed by atoms with van der Waals surface area (Å²) >= 11 is 3.52. The highest BCUT2D eigenvalue weighted by molar-refractivity contribution is 9.10. The molecular weight excluding hydrogens is 396 g/mol. The molecule has 0 radical (unpaired) electrons. The molecule has 4 rings (SSSR count). The Morgan fingerprint density at radius 1 is 0.962 bits per heavy atom. The molecule has 0 aliphatic carbocycles. The molecule has 1 aliphatic rings. The van der Waals surface area contributed by atoms with Gasteiger partial charge < -0.3 is 10.1 Å². The van der Waals surface area contributed by atoms with E-state index in [-0.39, 0.29) is 11.8 Å². The molecule has 26 heavy (non-hydrogen) atoms. The van der Waals surface area contributed by atoms with Crippen molar-refractivity contribution in [2.45, 2.75) is 12.3 Å². The van der Waals surface area contributed by atoms with Crippen LogP contribution >= 0.6 is 15.9 Å². The lowest BCUT2D eigenvalue weighted by Crippen LogP contribution is -2.25. The summed E-state index contributed by atoms with van der Waals surface area (Å²) in [5, 5.41) is 14.3. The van der Waals surface area contributed by atoms with Gasteiger partial charge in [0.1, 0.15) is 6.10 Å². The highest BCUT2D eigenvalue weighted by Crippen LogP contribution is 2.42. The van der Waals surface area contributed by atoms with Crippen LogP contribution in [0.5, 0.6) is 0 Å². The number of ether oxygens (including phenoxy) is 1. The average Bonchev–Trinajstić information content (AvgIpc) is 2.68. The van der Waals surface area contributed by atoms with Crippen molar-refractivity contribution in [2.24, 2.45) is 0 Å². The summed E-state index contributed by atoms with van der Waals surface area (Å²) in [4.78, 5) is 10.5. The van der Waals surface area contributed by atoms with E-state index in [1.54, 1.807) is 12.1 Å². The molecule has 1 N–H and O–H groups in total. The number of halogens is 1. The van der Waals surface area contributed by atoms with Gasteiger partial charge in [0, 0.05) is 33.4 Å². The number of hydrogen-bond donors (Lipinski definition) is 1. The van der Waals surface area contributed by atoms with Crippen LogP contribution in [0.1, 0.15) is 29.0 Å². The summed E-state index contributed by atoms with van der Waals surface area (Å²) in [6.45, 7) is 0. The first-order valence-corrected chi connectivity index (χ1v) is 8.92. The van der Waals surface area contributed by atoms with Gasteiger partial charge in [0.15, 0.2) is 6.23 Å². The van der Waals surface area contributed by atoms with Crippen molar-refractivity contribution in [1.82, 2.24) is 0 Å². The molecule has 0 spiro atoms. The van der Waals surface area contributed by atoms with Gasteiger partial charge in [-0.25, -0.2) is 0 Å². The first kappa shape index (κ1) is 16.8. The van der Waals surface area contributed by atoms with Crippen LogP contribution in [0.2, 0.25) is 0 Å². The minimum atomic E-state index is -0.404. The Balaban J connectivity index is 1.73. The van der Waals surface area contributed by atoms with Gasteiger partial charge in [0.05, 0.1) is 4.92 Å². The molecule has 0 saturated carbocycles. The van der Waals surface area contributed by atoms with E-state index < -0.39 is 11.2 Å². The van der Waals surface area contributed by atoms with Gasteiger partial charge in [-0.2, -0.15) is 0 Å². The summed E-state index contributed by atoms with van der Waals surface area (Å²) in [5.74, 6) is 0. The number of benzene rings is 3. The zero-order valence-corrected chi connectivity index (χ0v) is 15.2. The number of nitrogens with zero attached hydrogens (tertiary/aromatic N) is 1. The Kier molecular flexibility index (Phi) is 4.44. The summed E-state index contributed by atoms with van der Waals surface area (Å²) in [5.41, 5.74) is 3.99. The van der Waals surface area contributed by atoms with Gasteiger partial charge in [0.2, 0.25) is 0 Å². The van der Waals surface area contributed by atoms with Crippen molar-refractivity contribution >= 4 is 27.3 Å². The fourth-order valence-corrected chi connectivity index (χ4v) is 3.46. The van der Waals surface area contributed by atoms with E-state index in [0.717, 1.165) is 26.9 Å². The Morgan fingerprint density at radius 2 is 1.69 bits per heavy atom. The smallest absolute Gasteiger partial charge is 0.269 e. The van der Waals surface area contributed by atoms with Gasteiger partial charge in [-0.3, -0.25) is 10.1 Å². The zero-order valence-electron chi connectivity index (χ0n) is 13.6. The third-order valence-corrected chi connectivity index (χ3v) is 4.86. The third-order valence-electron chi connectivity index (χ3n) is 4.36. The summed E-state index contributed by atoms with van der Waals surface area (Å²) in [6, 6.07) is 22.5. The quantitative estimate of drug-likeness (QED) is 0.451. The van der Waals surface area contributed by atoms with E-state index >= 15 is 0 Å². The largest absolute Gasteiger partial charge is 0.356 e. The number of nitro benzene ring substituents is 1. The Morgan fingerprint density at radius 3 is 2.38 bits per heavy atom. The first-order chi connectivity index (χ1) is 12.6. The molecular formula is C20H15BrN2O3. The molecule has 0 saturated heterocycles. The van der Waals surface area contributed by atoms with Crippen LogP contribution in [-0.4, -0.2) is 4.92 Å². The lowest BCUT2D eigenvalue weighted by Gasteiger charge is -2.34. The third kappa shape index (κ3) is 3.21. The van der Waals surface area contributed by atoms with Gasteiger partial charge >= 0.3 is 0 Å². The van der Waals surface area contributed by atoms with Gasteiger partial charge in [-0.1, -0.05) is 46.3 Å². The molecule has 0 fully saturated rings. The molecule has 5 nitrogen and oxygen atoms in total. The predicted molar refractivity (Wildman–Crippen MR) is 103 cm³/mol. The van der Waals surface area contributed by atoms with E-state index in [1.807, 2.05) is 48.5 Å². The Labute approximate surface area is 158 Å². The monoisotopic (exact) mass is 410 g/mol. The van der Waals surface area contributed by atoms with Gasteiger partial charge in [-0.05, 0) is 35.9 Å². The molecule has 0 bridgehead atoms. The molecule has 1 heterocycles. The minimum absolute atomic E-state index is 0.0634. The second kappa shape index (κ2) is 6.90. The van der Waals surface area contributed by atoms with E-state index in [1.165, 1.54) is 12.1 Å². The van der Waals surface area contributed by atoms with E-state index in [9.17, 15) is 10.1 Å². The molecule has 2 atom stereocenters. The maximum Gasteiger partial charge on any atom is 0.269 e. The van der Waals surface area contributed by atoms with Crippen LogP contribution in [0.25, 0.3) is 0 Å². The number of nitrogens with one attached hydrogen (secondary N) is 1. The fraction of sp³-hybridized carbons (Fsp3) is 0.100. The van der Waals surface area contributed by atoms with Crippen molar-refractivity contribution in [2.75, 3.05) is 5.32 Å². The van der Waals surface area contributed by atoms with Crippen molar-refractivity contribution in [3.63, 3.8) is 0 Å². The molecule has 0 amide bonds. The maximum absolute atomic E-state index is 10.9. The number of rotatable bonds is 3. The summed E-state index contributed by atoms with van der Waals surface area (Å²) in [6.07, 6.45) is -0.625. The van der Waals surface area contributed by atoms with Crippen LogP contribution < -0.4 is 5.32 Å². The number of nitro groups is 1. The van der Waals surface area contributed by atoms with Crippen molar-refractivity contribution in [3.05, 3.63) is 104 Å². The molecule has 0 unspecified atom stereocenters. The average molecular weight is 411 g/mol. The number of non-ortho nitro benzene ring substituents is 1. The molecule has 3 aromatic rings. The van der Waals surface area contributed by atoms with Crippen molar-refractivity contribution < 1.29 is 9.66 Å². The highest BCUT2D eigenvalue weighted by Gasteiger charge is 2.29. The SMILES string of the molecule is O=[N+]([O-])c1ccc([C@H]2Nc3ccc(Br)cc3[C@H](c3ccccc3)O2)cc1. The number of anilines is 1. The highest BCUT2D eigenvalue weighted by atomic mass is 79.9. The van der Waals surface area contributed by atoms with E-state index in [0.29, 0.717) is 0 Å². The van der Waals surface area contributed by atoms with Crippen LogP contribution in [0.4, 0.5) is 11.4 Å². The molecule has 3 aromatic carbocycles. The number of fused-ring (bicyclic) bond motifs is 1.